The average Bonchev–Trinajstić information content (AvgIpc) is 3.34. The van der Waals surface area contributed by atoms with Gasteiger partial charge in [-0.2, -0.15) is 5.26 Å². The van der Waals surface area contributed by atoms with E-state index in [0.717, 1.165) is 12.0 Å². The van der Waals surface area contributed by atoms with Crippen LogP contribution >= 0.6 is 38.9 Å². The molecule has 0 unspecified atom stereocenters. The smallest absolute Gasteiger partial charge is 0.338 e. The van der Waals surface area contributed by atoms with E-state index in [9.17, 15) is 9.59 Å². The highest BCUT2D eigenvalue weighted by Gasteiger charge is 2.34. The van der Waals surface area contributed by atoms with Crippen molar-refractivity contribution >= 4 is 50.9 Å². The standard InChI is InChI=1S/C34H29BrClN3O5S/c1-4-6-26-30(33(41)43-5-2)31(22-11-13-28(42-3)25(35)16-22)39-32(40)29(45-34(39)38-26)17-23-15-24(36)12-14-27(23)44-19-21-9-7-20(18-37)8-10-21/h7-17,31H,4-6,19H2,1-3H3/b29-17-/t31-/m1/s1. The summed E-state index contributed by atoms with van der Waals surface area (Å²) in [5.74, 6) is 0.643. The van der Waals surface area contributed by atoms with E-state index in [1.165, 1.54) is 11.3 Å². The number of fused-ring (bicyclic) bond motifs is 1. The van der Waals surface area contributed by atoms with Gasteiger partial charge in [-0.1, -0.05) is 54.5 Å². The molecule has 45 heavy (non-hydrogen) atoms. The van der Waals surface area contributed by atoms with Crippen LogP contribution in [0.25, 0.3) is 6.08 Å². The Bertz CT molecular complexity index is 2010. The summed E-state index contributed by atoms with van der Waals surface area (Å²) >= 11 is 11.2. The zero-order valence-corrected chi connectivity index (χ0v) is 28.0. The van der Waals surface area contributed by atoms with Crippen molar-refractivity contribution in [2.75, 3.05) is 13.7 Å². The Hall–Kier alpha value is -4.17. The van der Waals surface area contributed by atoms with Crippen LogP contribution in [0.4, 0.5) is 0 Å². The molecule has 0 saturated heterocycles. The maximum atomic E-state index is 14.2. The van der Waals surface area contributed by atoms with E-state index in [1.54, 1.807) is 61.1 Å². The molecule has 0 N–H and O–H groups in total. The number of allylic oxidation sites excluding steroid dienone is 1. The molecule has 0 radical (unpaired) electrons. The van der Waals surface area contributed by atoms with Gasteiger partial charge in [0.2, 0.25) is 0 Å². The van der Waals surface area contributed by atoms with Crippen molar-refractivity contribution in [2.45, 2.75) is 39.3 Å². The van der Waals surface area contributed by atoms with Gasteiger partial charge < -0.3 is 14.2 Å². The summed E-state index contributed by atoms with van der Waals surface area (Å²) in [7, 11) is 1.57. The van der Waals surface area contributed by atoms with Crippen LogP contribution in [0, 0.1) is 11.3 Å². The van der Waals surface area contributed by atoms with Crippen LogP contribution in [0.2, 0.25) is 5.02 Å². The second-order valence-corrected chi connectivity index (χ2v) is 12.4. The van der Waals surface area contributed by atoms with E-state index < -0.39 is 12.0 Å². The predicted octanol–water partition coefficient (Wildman–Crippen LogP) is 6.45. The minimum absolute atomic E-state index is 0.186. The number of hydrogen-bond donors (Lipinski definition) is 0. The van der Waals surface area contributed by atoms with Crippen LogP contribution in [-0.2, 0) is 16.1 Å². The Kier molecular flexibility index (Phi) is 10.2. The molecule has 11 heteroatoms. The van der Waals surface area contributed by atoms with Gasteiger partial charge in [0.25, 0.3) is 5.56 Å². The zero-order valence-electron chi connectivity index (χ0n) is 24.8. The summed E-state index contributed by atoms with van der Waals surface area (Å²) in [6.07, 6.45) is 3.02. The molecule has 4 aromatic rings. The number of esters is 1. The van der Waals surface area contributed by atoms with Crippen LogP contribution in [0.3, 0.4) is 0 Å². The topological polar surface area (TPSA) is 103 Å². The maximum absolute atomic E-state index is 14.2. The normalized spacial score (nSPS) is 14.4. The first kappa shape index (κ1) is 32.2. The number of aromatic nitrogens is 1. The van der Waals surface area contributed by atoms with Crippen molar-refractivity contribution in [1.29, 1.82) is 5.26 Å². The lowest BCUT2D eigenvalue weighted by Crippen LogP contribution is -2.40. The Morgan fingerprint density at radius 3 is 2.56 bits per heavy atom. The van der Waals surface area contributed by atoms with Gasteiger partial charge in [0.1, 0.15) is 18.1 Å². The summed E-state index contributed by atoms with van der Waals surface area (Å²) in [5.41, 5.74) is 3.38. The summed E-state index contributed by atoms with van der Waals surface area (Å²) in [4.78, 5) is 33.0. The highest BCUT2D eigenvalue weighted by atomic mass is 79.9. The third-order valence-electron chi connectivity index (χ3n) is 7.12. The van der Waals surface area contributed by atoms with Crippen molar-refractivity contribution in [3.05, 3.63) is 123 Å². The van der Waals surface area contributed by atoms with E-state index >= 15 is 0 Å². The molecular weight excluding hydrogens is 678 g/mol. The van der Waals surface area contributed by atoms with Crippen molar-refractivity contribution in [1.82, 2.24) is 4.57 Å². The third-order valence-corrected chi connectivity index (χ3v) is 8.96. The first-order chi connectivity index (χ1) is 21.8. The number of ether oxygens (including phenoxy) is 3. The molecule has 1 aromatic heterocycles. The average molecular weight is 707 g/mol. The van der Waals surface area contributed by atoms with Crippen LogP contribution in [-0.4, -0.2) is 24.3 Å². The summed E-state index contributed by atoms with van der Waals surface area (Å²) in [5, 5.41) is 9.56. The van der Waals surface area contributed by atoms with Crippen molar-refractivity contribution in [2.24, 2.45) is 4.99 Å². The van der Waals surface area contributed by atoms with Crippen molar-refractivity contribution < 1.29 is 19.0 Å². The van der Waals surface area contributed by atoms with Gasteiger partial charge in [0.05, 0.1) is 51.7 Å². The van der Waals surface area contributed by atoms with Crippen LogP contribution in [0.15, 0.2) is 86.2 Å². The van der Waals surface area contributed by atoms with E-state index in [4.69, 9.17) is 36.1 Å². The summed E-state index contributed by atoms with van der Waals surface area (Å²) in [6, 6.07) is 19.2. The minimum Gasteiger partial charge on any atom is -0.496 e. The molecule has 5 rings (SSSR count). The van der Waals surface area contributed by atoms with Crippen LogP contribution in [0.5, 0.6) is 11.5 Å². The van der Waals surface area contributed by atoms with Crippen LogP contribution in [0.1, 0.15) is 55.0 Å². The third kappa shape index (κ3) is 6.91. The molecule has 0 bridgehead atoms. The van der Waals surface area contributed by atoms with Gasteiger partial charge in [-0.25, -0.2) is 9.79 Å². The number of carbonyl (C=O) groups excluding carboxylic acids is 1. The van der Waals surface area contributed by atoms with Gasteiger partial charge >= 0.3 is 5.97 Å². The molecule has 0 aliphatic carbocycles. The van der Waals surface area contributed by atoms with Gasteiger partial charge in [-0.3, -0.25) is 9.36 Å². The second kappa shape index (κ2) is 14.3. The molecule has 230 valence electrons. The van der Waals surface area contributed by atoms with E-state index in [0.29, 0.717) is 64.7 Å². The lowest BCUT2D eigenvalue weighted by Gasteiger charge is -2.26. The first-order valence-electron chi connectivity index (χ1n) is 14.2. The van der Waals surface area contributed by atoms with Crippen molar-refractivity contribution in [3.8, 4) is 17.6 Å². The molecule has 3 aromatic carbocycles. The molecule has 0 fully saturated rings. The lowest BCUT2D eigenvalue weighted by molar-refractivity contribution is -0.139. The Morgan fingerprint density at radius 1 is 1.13 bits per heavy atom. The monoisotopic (exact) mass is 705 g/mol. The maximum Gasteiger partial charge on any atom is 0.338 e. The fourth-order valence-corrected chi connectivity index (χ4v) is 6.78. The molecule has 1 atom stereocenters. The molecule has 1 aliphatic rings. The number of carbonyl (C=O) groups is 1. The van der Waals surface area contributed by atoms with Crippen LogP contribution < -0.4 is 24.4 Å². The van der Waals surface area contributed by atoms with Gasteiger partial charge in [0.15, 0.2) is 4.80 Å². The largest absolute Gasteiger partial charge is 0.496 e. The fraction of sp³-hybridized carbons (Fsp3) is 0.235. The van der Waals surface area contributed by atoms with E-state index in [-0.39, 0.29) is 18.8 Å². The van der Waals surface area contributed by atoms with E-state index in [2.05, 4.69) is 22.0 Å². The highest BCUT2D eigenvalue weighted by molar-refractivity contribution is 9.10. The predicted molar refractivity (Wildman–Crippen MR) is 177 cm³/mol. The molecule has 0 amide bonds. The Morgan fingerprint density at radius 2 is 1.89 bits per heavy atom. The number of methoxy groups -OCH3 is 1. The number of rotatable bonds is 10. The van der Waals surface area contributed by atoms with Crippen molar-refractivity contribution in [3.63, 3.8) is 0 Å². The molecule has 0 spiro atoms. The quantitative estimate of drug-likeness (QED) is 0.176. The van der Waals surface area contributed by atoms with Gasteiger partial charge in [0, 0.05) is 10.6 Å². The minimum atomic E-state index is -0.766. The highest BCUT2D eigenvalue weighted by Crippen LogP contribution is 2.36. The number of benzene rings is 3. The number of nitriles is 1. The Labute approximate surface area is 277 Å². The summed E-state index contributed by atoms with van der Waals surface area (Å²) in [6.45, 7) is 4.20. The molecular formula is C34H29BrClN3O5S. The van der Waals surface area contributed by atoms with E-state index in [1.807, 2.05) is 31.2 Å². The zero-order chi connectivity index (χ0) is 32.1. The van der Waals surface area contributed by atoms with Gasteiger partial charge in [-0.05, 0) is 88.9 Å². The first-order valence-corrected chi connectivity index (χ1v) is 16.2. The molecule has 0 saturated carbocycles. The Balaban J connectivity index is 1.65. The van der Waals surface area contributed by atoms with Gasteiger partial charge in [-0.15, -0.1) is 0 Å². The SMILES string of the molecule is CCCC1=C(C(=O)OCC)[C@@H](c2ccc(OC)c(Br)c2)n2c(s/c(=C\c3cc(Cl)ccc3OCc3ccc(C#N)cc3)c2=O)=N1. The molecule has 8 nitrogen and oxygen atoms in total. The lowest BCUT2D eigenvalue weighted by atomic mass is 9.94. The number of nitrogens with zero attached hydrogens (tertiary/aromatic N) is 3. The molecule has 2 heterocycles. The second-order valence-electron chi connectivity index (χ2n) is 10.1. The number of halogens is 2. The number of hydrogen-bond acceptors (Lipinski definition) is 8. The summed E-state index contributed by atoms with van der Waals surface area (Å²) < 4.78 is 19.7. The molecule has 1 aliphatic heterocycles. The number of thiazole rings is 1. The fourth-order valence-electron chi connectivity index (χ4n) is 5.03.